The van der Waals surface area contributed by atoms with Gasteiger partial charge in [0.1, 0.15) is 17.5 Å². The number of benzene rings is 1. The number of fused-ring (bicyclic) bond motifs is 1. The smallest absolute Gasteiger partial charge is 0.270 e. The van der Waals surface area contributed by atoms with E-state index in [0.29, 0.717) is 21.4 Å². The van der Waals surface area contributed by atoms with Crippen molar-refractivity contribution in [3.05, 3.63) is 57.2 Å². The molecule has 0 saturated heterocycles. The van der Waals surface area contributed by atoms with Crippen LogP contribution in [0.1, 0.15) is 18.8 Å². The monoisotopic (exact) mass is 333 g/mol. The number of hydrogen-bond donors (Lipinski definition) is 1. The first-order valence-electron chi connectivity index (χ1n) is 6.10. The van der Waals surface area contributed by atoms with Gasteiger partial charge in [-0.3, -0.25) is 9.36 Å². The van der Waals surface area contributed by atoms with Crippen molar-refractivity contribution >= 4 is 27.0 Å². The van der Waals surface area contributed by atoms with Gasteiger partial charge in [-0.25, -0.2) is 0 Å². The van der Waals surface area contributed by atoms with Crippen LogP contribution in [-0.2, 0) is 0 Å². The van der Waals surface area contributed by atoms with Crippen LogP contribution in [0.15, 0.2) is 50.3 Å². The van der Waals surface area contributed by atoms with Crippen molar-refractivity contribution in [1.29, 1.82) is 0 Å². The van der Waals surface area contributed by atoms with Crippen LogP contribution in [0.2, 0.25) is 0 Å². The molecular weight excluding hydrogens is 322 g/mol. The fourth-order valence-corrected chi connectivity index (χ4v) is 2.54. The predicted molar refractivity (Wildman–Crippen MR) is 79.9 cm³/mol. The van der Waals surface area contributed by atoms with Gasteiger partial charge in [-0.05, 0) is 35.0 Å². The number of nitrogens with zero attached hydrogens (tertiary/aromatic N) is 2. The van der Waals surface area contributed by atoms with E-state index in [4.69, 9.17) is 10.2 Å². The van der Waals surface area contributed by atoms with Crippen molar-refractivity contribution in [3.63, 3.8) is 0 Å². The maximum absolute atomic E-state index is 12.7. The highest BCUT2D eigenvalue weighted by Crippen LogP contribution is 2.24. The fourth-order valence-electron chi connectivity index (χ4n) is 2.11. The molecule has 0 spiro atoms. The topological polar surface area (TPSA) is 74.1 Å². The zero-order valence-corrected chi connectivity index (χ0v) is 12.3. The van der Waals surface area contributed by atoms with Crippen molar-refractivity contribution in [2.45, 2.75) is 13.0 Å². The maximum atomic E-state index is 12.7. The summed E-state index contributed by atoms with van der Waals surface area (Å²) in [4.78, 5) is 17.1. The second-order valence-electron chi connectivity index (χ2n) is 4.50. The summed E-state index contributed by atoms with van der Waals surface area (Å²) in [6.07, 6.45) is 1.46. The number of halogens is 1. The Morgan fingerprint density at radius 1 is 1.35 bits per heavy atom. The molecule has 6 heteroatoms. The van der Waals surface area contributed by atoms with Crippen LogP contribution < -0.4 is 11.3 Å². The van der Waals surface area contributed by atoms with E-state index in [0.717, 1.165) is 5.69 Å². The zero-order valence-electron chi connectivity index (χ0n) is 10.7. The largest absolute Gasteiger partial charge is 0.445 e. The van der Waals surface area contributed by atoms with E-state index < -0.39 is 6.04 Å². The number of aromatic nitrogens is 2. The van der Waals surface area contributed by atoms with Crippen molar-refractivity contribution in [2.75, 3.05) is 0 Å². The van der Waals surface area contributed by atoms with Crippen molar-refractivity contribution < 1.29 is 4.42 Å². The average Bonchev–Trinajstić information content (AvgIpc) is 2.81. The van der Waals surface area contributed by atoms with Crippen LogP contribution in [0.25, 0.3) is 16.8 Å². The third-order valence-corrected chi connectivity index (χ3v) is 3.59. The Hall–Kier alpha value is -1.92. The Kier molecular flexibility index (Phi) is 3.19. The van der Waals surface area contributed by atoms with Crippen LogP contribution in [-0.4, -0.2) is 9.55 Å². The number of para-hydroxylation sites is 1. The summed E-state index contributed by atoms with van der Waals surface area (Å²) in [5.41, 5.74) is 6.76. The molecule has 5 nitrogen and oxygen atoms in total. The molecule has 2 aromatic heterocycles. The highest BCUT2D eigenvalue weighted by atomic mass is 79.9. The molecule has 3 rings (SSSR count). The van der Waals surface area contributed by atoms with E-state index >= 15 is 0 Å². The molecule has 1 atom stereocenters. The lowest BCUT2D eigenvalue weighted by molar-refractivity contribution is 0.588. The minimum atomic E-state index is -0.392. The zero-order chi connectivity index (χ0) is 14.3. The SMILES string of the molecule is CC(N)c1nc2occ(Br)c2c(=O)n1-c1ccccc1. The maximum Gasteiger partial charge on any atom is 0.270 e. The molecule has 3 aromatic rings. The van der Waals surface area contributed by atoms with E-state index in [1.165, 1.54) is 10.8 Å². The molecule has 102 valence electrons. The second-order valence-corrected chi connectivity index (χ2v) is 5.35. The third kappa shape index (κ3) is 1.97. The summed E-state index contributed by atoms with van der Waals surface area (Å²) in [5.74, 6) is 0.468. The molecule has 0 radical (unpaired) electrons. The van der Waals surface area contributed by atoms with Gasteiger partial charge in [0.05, 0.1) is 16.2 Å². The summed E-state index contributed by atoms with van der Waals surface area (Å²) in [6.45, 7) is 1.78. The van der Waals surface area contributed by atoms with Gasteiger partial charge in [-0.15, -0.1) is 0 Å². The number of furan rings is 1. The van der Waals surface area contributed by atoms with Crippen LogP contribution >= 0.6 is 15.9 Å². The molecule has 0 amide bonds. The lowest BCUT2D eigenvalue weighted by Gasteiger charge is -2.14. The first-order valence-corrected chi connectivity index (χ1v) is 6.89. The van der Waals surface area contributed by atoms with Crippen molar-refractivity contribution in [1.82, 2.24) is 9.55 Å². The van der Waals surface area contributed by atoms with Crippen molar-refractivity contribution in [2.24, 2.45) is 5.73 Å². The highest BCUT2D eigenvalue weighted by Gasteiger charge is 2.19. The Morgan fingerprint density at radius 2 is 2.05 bits per heavy atom. The predicted octanol–water partition coefficient (Wildman–Crippen LogP) is 2.76. The summed E-state index contributed by atoms with van der Waals surface area (Å²) < 4.78 is 7.39. The minimum absolute atomic E-state index is 0.200. The summed E-state index contributed by atoms with van der Waals surface area (Å²) in [6, 6.07) is 8.91. The molecule has 1 aromatic carbocycles. The molecule has 0 fully saturated rings. The standard InChI is InChI=1S/C14H12BrN3O2/c1-8(16)12-17-13-11(10(15)7-20-13)14(19)18(12)9-5-3-2-4-6-9/h2-8H,16H2,1H3. The van der Waals surface area contributed by atoms with E-state index in [1.54, 1.807) is 6.92 Å². The van der Waals surface area contributed by atoms with Gasteiger partial charge in [-0.2, -0.15) is 4.98 Å². The van der Waals surface area contributed by atoms with E-state index in [2.05, 4.69) is 20.9 Å². The van der Waals surface area contributed by atoms with Gasteiger partial charge in [0.2, 0.25) is 5.71 Å². The number of hydrogen-bond acceptors (Lipinski definition) is 4. The minimum Gasteiger partial charge on any atom is -0.445 e. The molecule has 20 heavy (non-hydrogen) atoms. The Balaban J connectivity index is 2.45. The summed E-state index contributed by atoms with van der Waals surface area (Å²) in [5, 5.41) is 0.415. The van der Waals surface area contributed by atoms with Gasteiger partial charge in [0.15, 0.2) is 0 Å². The molecule has 2 heterocycles. The van der Waals surface area contributed by atoms with E-state index in [1.807, 2.05) is 30.3 Å². The van der Waals surface area contributed by atoms with Gasteiger partial charge in [0, 0.05) is 0 Å². The normalized spacial score (nSPS) is 12.8. The molecule has 0 aliphatic carbocycles. The number of nitrogens with two attached hydrogens (primary N) is 1. The molecule has 1 unspecified atom stereocenters. The lowest BCUT2D eigenvalue weighted by atomic mass is 10.2. The Morgan fingerprint density at radius 3 is 2.70 bits per heavy atom. The molecule has 0 aliphatic rings. The van der Waals surface area contributed by atoms with Crippen LogP contribution in [0.3, 0.4) is 0 Å². The Bertz CT molecular complexity index is 822. The van der Waals surface area contributed by atoms with Crippen molar-refractivity contribution in [3.8, 4) is 5.69 Å². The second kappa shape index (κ2) is 4.88. The molecular formula is C14H12BrN3O2. The third-order valence-electron chi connectivity index (χ3n) is 3.01. The highest BCUT2D eigenvalue weighted by molar-refractivity contribution is 9.10. The summed E-state index contributed by atoms with van der Waals surface area (Å²) in [7, 11) is 0. The van der Waals surface area contributed by atoms with Crippen LogP contribution in [0, 0.1) is 0 Å². The van der Waals surface area contributed by atoms with Crippen LogP contribution in [0.5, 0.6) is 0 Å². The van der Waals surface area contributed by atoms with E-state index in [9.17, 15) is 4.79 Å². The average molecular weight is 334 g/mol. The molecule has 0 saturated carbocycles. The first kappa shape index (κ1) is 13.1. The Labute approximate surface area is 123 Å². The van der Waals surface area contributed by atoms with Gasteiger partial charge in [0.25, 0.3) is 5.56 Å². The van der Waals surface area contributed by atoms with Gasteiger partial charge in [-0.1, -0.05) is 18.2 Å². The molecule has 2 N–H and O–H groups in total. The quantitative estimate of drug-likeness (QED) is 0.782. The van der Waals surface area contributed by atoms with Crippen LogP contribution in [0.4, 0.5) is 0 Å². The lowest BCUT2D eigenvalue weighted by Crippen LogP contribution is -2.27. The van der Waals surface area contributed by atoms with Gasteiger partial charge < -0.3 is 10.2 Å². The van der Waals surface area contributed by atoms with E-state index in [-0.39, 0.29) is 5.56 Å². The molecule has 0 bridgehead atoms. The fraction of sp³-hybridized carbons (Fsp3) is 0.143. The first-order chi connectivity index (χ1) is 9.59. The number of rotatable bonds is 2. The van der Waals surface area contributed by atoms with Gasteiger partial charge >= 0.3 is 0 Å². The molecule has 0 aliphatic heterocycles. The summed E-state index contributed by atoms with van der Waals surface area (Å²) >= 11 is 3.31.